The van der Waals surface area contributed by atoms with Crippen molar-refractivity contribution in [2.45, 2.75) is 13.0 Å². The molecule has 0 saturated carbocycles. The molecule has 7 nitrogen and oxygen atoms in total. The first kappa shape index (κ1) is 21.4. The Kier molecular flexibility index (Phi) is 6.76. The molecule has 0 aliphatic heterocycles. The summed E-state index contributed by atoms with van der Waals surface area (Å²) in [6.45, 7) is 0.0981. The van der Waals surface area contributed by atoms with E-state index in [0.29, 0.717) is 21.3 Å². The van der Waals surface area contributed by atoms with Crippen molar-refractivity contribution in [1.82, 2.24) is 9.97 Å². The fourth-order valence-corrected chi connectivity index (χ4v) is 3.05. The fraction of sp³-hybridized carbons (Fsp3) is 0.0952. The van der Waals surface area contributed by atoms with Crippen molar-refractivity contribution in [2.75, 3.05) is 4.90 Å². The Morgan fingerprint density at radius 3 is 2.33 bits per heavy atom. The largest absolute Gasteiger partial charge is 0.366 e. The van der Waals surface area contributed by atoms with Crippen LogP contribution in [0.15, 0.2) is 60.9 Å². The van der Waals surface area contributed by atoms with E-state index in [4.69, 9.17) is 28.9 Å². The minimum absolute atomic E-state index is 0.0498. The van der Waals surface area contributed by atoms with E-state index in [1.165, 1.54) is 29.4 Å². The molecule has 2 aromatic carbocycles. The minimum Gasteiger partial charge on any atom is -0.366 e. The van der Waals surface area contributed by atoms with Gasteiger partial charge in [-0.15, -0.1) is 0 Å². The number of nitrogens with zero attached hydrogens (tertiary/aromatic N) is 3. The first-order valence-corrected chi connectivity index (χ1v) is 9.55. The summed E-state index contributed by atoms with van der Waals surface area (Å²) in [6.07, 6.45) is 2.40. The molecule has 30 heavy (non-hydrogen) atoms. The molecule has 0 radical (unpaired) electrons. The van der Waals surface area contributed by atoms with E-state index in [0.717, 1.165) is 0 Å². The highest BCUT2D eigenvalue weighted by molar-refractivity contribution is 6.42. The number of primary amides is 1. The zero-order valence-electron chi connectivity index (χ0n) is 15.6. The van der Waals surface area contributed by atoms with Crippen molar-refractivity contribution in [3.63, 3.8) is 0 Å². The molecule has 3 aromatic rings. The van der Waals surface area contributed by atoms with Crippen molar-refractivity contribution >= 4 is 46.5 Å². The van der Waals surface area contributed by atoms with Crippen LogP contribution in [0.3, 0.4) is 0 Å². The molecule has 0 fully saturated rings. The smallest absolute Gasteiger partial charge is 0.248 e. The molecule has 9 heteroatoms. The summed E-state index contributed by atoms with van der Waals surface area (Å²) in [7, 11) is 0. The highest BCUT2D eigenvalue weighted by Gasteiger charge is 2.22. The van der Waals surface area contributed by atoms with Gasteiger partial charge in [-0.25, -0.2) is 9.97 Å². The molecule has 2 N–H and O–H groups in total. The summed E-state index contributed by atoms with van der Waals surface area (Å²) in [5, 5.41) is 0.714. The minimum atomic E-state index is -0.632. The zero-order chi connectivity index (χ0) is 21.7. The van der Waals surface area contributed by atoms with Gasteiger partial charge >= 0.3 is 0 Å². The summed E-state index contributed by atoms with van der Waals surface area (Å²) in [6, 6.07) is 12.8. The number of amides is 2. The molecule has 0 unspecified atom stereocenters. The molecule has 0 atom stereocenters. The number of benzene rings is 2. The van der Waals surface area contributed by atoms with Gasteiger partial charge in [-0.3, -0.25) is 14.4 Å². The average Bonchev–Trinajstić information content (AvgIpc) is 2.75. The molecule has 0 saturated heterocycles. The number of hydrogen-bond donors (Lipinski definition) is 1. The summed E-state index contributed by atoms with van der Waals surface area (Å²) in [5.74, 6) is -1.70. The van der Waals surface area contributed by atoms with Crippen molar-refractivity contribution in [3.8, 4) is 0 Å². The second kappa shape index (κ2) is 9.47. The maximum Gasteiger partial charge on any atom is 0.248 e. The van der Waals surface area contributed by atoms with E-state index in [2.05, 4.69) is 9.97 Å². The van der Waals surface area contributed by atoms with Gasteiger partial charge in [-0.2, -0.15) is 0 Å². The van der Waals surface area contributed by atoms with Crippen molar-refractivity contribution in [2.24, 2.45) is 5.73 Å². The third-order valence-corrected chi connectivity index (χ3v) is 4.93. The summed E-state index contributed by atoms with van der Waals surface area (Å²) >= 11 is 12.1. The van der Waals surface area contributed by atoms with Crippen LogP contribution < -0.4 is 10.6 Å². The Morgan fingerprint density at radius 1 is 0.933 bits per heavy atom. The molecule has 0 bridgehead atoms. The number of anilines is 1. The quantitative estimate of drug-likeness (QED) is 0.443. The van der Waals surface area contributed by atoms with Crippen LogP contribution in [0, 0.1) is 0 Å². The van der Waals surface area contributed by atoms with Gasteiger partial charge in [0.15, 0.2) is 5.82 Å². The van der Waals surface area contributed by atoms with E-state index in [1.807, 2.05) is 0 Å². The third kappa shape index (κ3) is 5.20. The first-order valence-electron chi connectivity index (χ1n) is 8.79. The van der Waals surface area contributed by atoms with Gasteiger partial charge in [-0.1, -0.05) is 35.3 Å². The van der Waals surface area contributed by atoms with Gasteiger partial charge in [0.05, 0.1) is 23.0 Å². The monoisotopic (exact) mass is 442 g/mol. The number of hydrogen-bond acceptors (Lipinski definition) is 5. The second-order valence-electron chi connectivity index (χ2n) is 6.32. The lowest BCUT2D eigenvalue weighted by Gasteiger charge is -2.23. The highest BCUT2D eigenvalue weighted by Crippen LogP contribution is 2.26. The van der Waals surface area contributed by atoms with Crippen LogP contribution >= 0.6 is 23.2 Å². The Balaban J connectivity index is 1.92. The van der Waals surface area contributed by atoms with Crippen LogP contribution in [0.5, 0.6) is 0 Å². The van der Waals surface area contributed by atoms with Gasteiger partial charge in [-0.05, 0) is 42.0 Å². The van der Waals surface area contributed by atoms with Crippen LogP contribution in [-0.2, 0) is 11.3 Å². The predicted octanol–water partition coefficient (Wildman–Crippen LogP) is 3.69. The van der Waals surface area contributed by atoms with Gasteiger partial charge in [0.1, 0.15) is 0 Å². The Morgan fingerprint density at radius 2 is 1.67 bits per heavy atom. The number of carbonyl (C=O) groups is 3. The van der Waals surface area contributed by atoms with Crippen molar-refractivity contribution in [1.29, 1.82) is 0 Å². The molecule has 1 aromatic heterocycles. The van der Waals surface area contributed by atoms with Crippen molar-refractivity contribution < 1.29 is 14.4 Å². The van der Waals surface area contributed by atoms with Gasteiger partial charge in [0.25, 0.3) is 0 Å². The molecule has 0 spiro atoms. The highest BCUT2D eigenvalue weighted by atomic mass is 35.5. The van der Waals surface area contributed by atoms with Crippen LogP contribution in [0.4, 0.5) is 5.69 Å². The van der Waals surface area contributed by atoms with E-state index in [-0.39, 0.29) is 17.9 Å². The van der Waals surface area contributed by atoms with Crippen LogP contribution in [-0.4, -0.2) is 27.6 Å². The number of Topliss-reactive ketones (excluding diaryl/α,β-unsaturated/α-hetero) is 1. The fourth-order valence-electron chi connectivity index (χ4n) is 2.73. The second-order valence-corrected chi connectivity index (χ2v) is 7.13. The molecule has 1 heterocycles. The lowest BCUT2D eigenvalue weighted by Crippen LogP contribution is -2.32. The zero-order valence-corrected chi connectivity index (χ0v) is 17.1. The SMILES string of the molecule is NC(=O)c1cccc(N(Cc2ccc(Cl)c(Cl)c2)C(=O)CC(=O)c2ncccn2)c1. The number of ketones is 1. The summed E-state index contributed by atoms with van der Waals surface area (Å²) < 4.78 is 0. The predicted molar refractivity (Wildman–Crippen MR) is 114 cm³/mol. The normalized spacial score (nSPS) is 10.5. The van der Waals surface area contributed by atoms with Crippen LogP contribution in [0.25, 0.3) is 0 Å². The van der Waals surface area contributed by atoms with Crippen LogP contribution in [0.2, 0.25) is 10.0 Å². The maximum atomic E-state index is 13.0. The van der Waals surface area contributed by atoms with E-state index in [9.17, 15) is 14.4 Å². The van der Waals surface area contributed by atoms with Gasteiger partial charge in [0, 0.05) is 23.6 Å². The molecule has 152 valence electrons. The Labute approximate surface area is 182 Å². The molecule has 0 aliphatic carbocycles. The first-order chi connectivity index (χ1) is 14.3. The van der Waals surface area contributed by atoms with E-state index in [1.54, 1.807) is 36.4 Å². The lowest BCUT2D eigenvalue weighted by molar-refractivity contribution is -0.117. The Bertz CT molecular complexity index is 1110. The molecule has 0 aliphatic rings. The standard InChI is InChI=1S/C21H16Cl2N4O3/c22-16-6-5-13(9-17(16)23)12-27(15-4-1-3-14(10-15)20(24)30)19(29)11-18(28)21-25-7-2-8-26-21/h1-10H,11-12H2,(H2,24,30). The number of halogens is 2. The van der Waals surface area contributed by atoms with E-state index < -0.39 is 24.0 Å². The maximum absolute atomic E-state index is 13.0. The Hall–Kier alpha value is -3.29. The van der Waals surface area contributed by atoms with E-state index >= 15 is 0 Å². The number of aromatic nitrogens is 2. The average molecular weight is 443 g/mol. The number of nitrogens with two attached hydrogens (primary N) is 1. The topological polar surface area (TPSA) is 106 Å². The van der Waals surface area contributed by atoms with Gasteiger partial charge in [0.2, 0.25) is 17.6 Å². The number of rotatable bonds is 7. The molecular formula is C21H16Cl2N4O3. The van der Waals surface area contributed by atoms with Crippen LogP contribution in [0.1, 0.15) is 33.0 Å². The molecule has 2 amide bonds. The summed E-state index contributed by atoms with van der Waals surface area (Å²) in [5.41, 5.74) is 6.69. The third-order valence-electron chi connectivity index (χ3n) is 4.20. The molecule has 3 rings (SSSR count). The lowest BCUT2D eigenvalue weighted by atomic mass is 10.1. The van der Waals surface area contributed by atoms with Gasteiger partial charge < -0.3 is 10.6 Å². The number of carbonyl (C=O) groups excluding carboxylic acids is 3. The molecular weight excluding hydrogens is 427 g/mol. The summed E-state index contributed by atoms with van der Waals surface area (Å²) in [4.78, 5) is 46.2. The van der Waals surface area contributed by atoms with Crippen molar-refractivity contribution in [3.05, 3.63) is 87.9 Å².